The lowest BCUT2D eigenvalue weighted by Gasteiger charge is -2.14. The van der Waals surface area contributed by atoms with E-state index in [-0.39, 0.29) is 32.7 Å². The number of anilines is 1. The van der Waals surface area contributed by atoms with Gasteiger partial charge in [0.05, 0.1) is 27.6 Å². The van der Waals surface area contributed by atoms with Crippen molar-refractivity contribution >= 4 is 67.1 Å². The lowest BCUT2D eigenvalue weighted by molar-refractivity contribution is 0.102. The number of rotatable bonds is 6. The zero-order valence-corrected chi connectivity index (χ0v) is 21.7. The molecule has 0 saturated carbocycles. The van der Waals surface area contributed by atoms with E-state index in [0.29, 0.717) is 22.1 Å². The average molecular weight is 560 g/mol. The molecule has 0 aliphatic carbocycles. The van der Waals surface area contributed by atoms with Crippen LogP contribution in [-0.2, 0) is 10.1 Å². The fraction of sp³-hybridized carbons (Fsp3) is 0.0800. The monoisotopic (exact) mass is 559 g/mol. The summed E-state index contributed by atoms with van der Waals surface area (Å²) in [5.41, 5.74) is 0.553. The number of aromatic hydroxyl groups is 1. The first-order valence-corrected chi connectivity index (χ1v) is 12.8. The Hall–Kier alpha value is -3.70. The minimum absolute atomic E-state index is 0.0105. The van der Waals surface area contributed by atoms with Gasteiger partial charge < -0.3 is 15.2 Å². The molecule has 9 nitrogen and oxygen atoms in total. The minimum atomic E-state index is -4.48. The van der Waals surface area contributed by atoms with Crippen molar-refractivity contribution in [3.63, 3.8) is 0 Å². The van der Waals surface area contributed by atoms with Crippen LogP contribution in [0.2, 0.25) is 10.0 Å². The van der Waals surface area contributed by atoms with Crippen LogP contribution in [-0.4, -0.2) is 31.1 Å². The van der Waals surface area contributed by atoms with Crippen LogP contribution in [0.15, 0.2) is 75.8 Å². The molecular weight excluding hydrogens is 541 g/mol. The zero-order valence-electron chi connectivity index (χ0n) is 19.4. The molecule has 0 bridgehead atoms. The molecular formula is C25H19Cl2N3O6S. The summed E-state index contributed by atoms with van der Waals surface area (Å²) in [6.07, 6.45) is 0. The number of amides is 1. The predicted octanol–water partition coefficient (Wildman–Crippen LogP) is 7.08. The van der Waals surface area contributed by atoms with Crippen molar-refractivity contribution in [2.45, 2.75) is 11.8 Å². The molecule has 0 aliphatic rings. The Morgan fingerprint density at radius 3 is 2.35 bits per heavy atom. The molecule has 0 unspecified atom stereocenters. The number of methoxy groups -OCH3 is 1. The topological polar surface area (TPSA) is 138 Å². The third kappa shape index (κ3) is 5.37. The highest BCUT2D eigenvalue weighted by atomic mass is 35.5. The van der Waals surface area contributed by atoms with Crippen molar-refractivity contribution < 1.29 is 27.6 Å². The first-order chi connectivity index (χ1) is 17.5. The number of carbonyl (C=O) groups is 1. The van der Waals surface area contributed by atoms with Crippen LogP contribution >= 0.6 is 23.2 Å². The molecule has 4 aromatic rings. The molecule has 0 aromatic heterocycles. The first kappa shape index (κ1) is 26.4. The molecule has 12 heteroatoms. The maximum Gasteiger partial charge on any atom is 0.294 e. The van der Waals surface area contributed by atoms with Gasteiger partial charge in [0.2, 0.25) is 0 Å². The molecule has 0 saturated heterocycles. The maximum absolute atomic E-state index is 13.2. The van der Waals surface area contributed by atoms with Crippen LogP contribution in [0.4, 0.5) is 17.1 Å². The summed E-state index contributed by atoms with van der Waals surface area (Å²) in [5, 5.41) is 23.3. The van der Waals surface area contributed by atoms with Gasteiger partial charge >= 0.3 is 0 Å². The lowest BCUT2D eigenvalue weighted by Crippen LogP contribution is -2.13. The Morgan fingerprint density at radius 1 is 0.973 bits per heavy atom. The lowest BCUT2D eigenvalue weighted by atomic mass is 10.0. The second kappa shape index (κ2) is 10.3. The van der Waals surface area contributed by atoms with Crippen LogP contribution in [0.5, 0.6) is 11.5 Å². The maximum atomic E-state index is 13.2. The van der Waals surface area contributed by atoms with Gasteiger partial charge in [-0.15, -0.1) is 10.2 Å². The number of hydrogen-bond donors (Lipinski definition) is 3. The summed E-state index contributed by atoms with van der Waals surface area (Å²) in [6, 6.07) is 15.5. The van der Waals surface area contributed by atoms with Crippen molar-refractivity contribution in [3.05, 3.63) is 81.8 Å². The molecule has 0 aliphatic heterocycles. The zero-order chi connectivity index (χ0) is 26.9. The van der Waals surface area contributed by atoms with E-state index in [9.17, 15) is 22.9 Å². The number of azo groups is 1. The van der Waals surface area contributed by atoms with Gasteiger partial charge in [0.25, 0.3) is 16.0 Å². The Balaban J connectivity index is 1.82. The molecule has 0 fully saturated rings. The molecule has 37 heavy (non-hydrogen) atoms. The third-order valence-electron chi connectivity index (χ3n) is 5.45. The summed E-state index contributed by atoms with van der Waals surface area (Å²) in [6.45, 7) is 1.54. The number of fused-ring (bicyclic) bond motifs is 1. The van der Waals surface area contributed by atoms with Gasteiger partial charge in [-0.05, 0) is 48.2 Å². The van der Waals surface area contributed by atoms with Crippen molar-refractivity contribution in [1.82, 2.24) is 0 Å². The fourth-order valence-electron chi connectivity index (χ4n) is 3.65. The van der Waals surface area contributed by atoms with E-state index in [2.05, 4.69) is 15.5 Å². The summed E-state index contributed by atoms with van der Waals surface area (Å²) < 4.78 is 37.5. The molecule has 4 rings (SSSR count). The Labute approximate surface area is 222 Å². The minimum Gasteiger partial charge on any atom is -0.505 e. The van der Waals surface area contributed by atoms with E-state index in [1.54, 1.807) is 42.5 Å². The SMILES string of the molecule is COc1cccc(Cl)c1NC(=O)c1cc2ccccc2c(N=Nc2c(C)cc(S(=O)(=O)O)cc2Cl)c1O. The van der Waals surface area contributed by atoms with Crippen LogP contribution in [0.25, 0.3) is 10.8 Å². The van der Waals surface area contributed by atoms with E-state index in [0.717, 1.165) is 6.07 Å². The number of phenols is 1. The van der Waals surface area contributed by atoms with Crippen molar-refractivity contribution in [2.75, 3.05) is 12.4 Å². The number of aryl methyl sites for hydroxylation is 1. The van der Waals surface area contributed by atoms with Crippen molar-refractivity contribution in [3.8, 4) is 11.5 Å². The molecule has 4 aromatic carbocycles. The number of carbonyl (C=O) groups excluding carboxylic acids is 1. The second-order valence-electron chi connectivity index (χ2n) is 7.86. The molecule has 0 atom stereocenters. The normalized spacial score (nSPS) is 11.7. The molecule has 190 valence electrons. The molecule has 3 N–H and O–H groups in total. The highest BCUT2D eigenvalue weighted by Crippen LogP contribution is 2.42. The molecule has 0 spiro atoms. The first-order valence-electron chi connectivity index (χ1n) is 10.6. The Morgan fingerprint density at radius 2 is 1.68 bits per heavy atom. The molecule has 0 heterocycles. The number of nitrogens with one attached hydrogen (secondary N) is 1. The molecule has 0 radical (unpaired) electrons. The number of nitrogens with zero attached hydrogens (tertiary/aromatic N) is 2. The van der Waals surface area contributed by atoms with Crippen molar-refractivity contribution in [2.24, 2.45) is 10.2 Å². The van der Waals surface area contributed by atoms with E-state index in [4.69, 9.17) is 27.9 Å². The highest BCUT2D eigenvalue weighted by molar-refractivity contribution is 7.85. The van der Waals surface area contributed by atoms with Crippen LogP contribution < -0.4 is 10.1 Å². The summed E-state index contributed by atoms with van der Waals surface area (Å²) >= 11 is 12.4. The second-order valence-corrected chi connectivity index (χ2v) is 10.1. The van der Waals surface area contributed by atoms with Gasteiger partial charge in [-0.2, -0.15) is 8.42 Å². The number of para-hydroxylation sites is 1. The Kier molecular flexibility index (Phi) is 7.37. The summed E-state index contributed by atoms with van der Waals surface area (Å²) in [7, 11) is -3.04. The van der Waals surface area contributed by atoms with Crippen molar-refractivity contribution in [1.29, 1.82) is 0 Å². The van der Waals surface area contributed by atoms with Crippen LogP contribution in [0, 0.1) is 6.92 Å². The van der Waals surface area contributed by atoms with E-state index >= 15 is 0 Å². The number of benzene rings is 4. The van der Waals surface area contributed by atoms with Gasteiger partial charge in [-0.25, -0.2) is 0 Å². The largest absolute Gasteiger partial charge is 0.505 e. The third-order valence-corrected chi connectivity index (χ3v) is 6.88. The smallest absolute Gasteiger partial charge is 0.294 e. The van der Waals surface area contributed by atoms with E-state index in [1.807, 2.05) is 0 Å². The van der Waals surface area contributed by atoms with E-state index in [1.165, 1.54) is 26.2 Å². The standard InChI is InChI=1S/C25H19Cl2N3O6S/c1-13-10-15(37(33,34)35)12-19(27)21(13)29-30-22-16-7-4-3-6-14(16)11-17(24(22)31)25(32)28-23-18(26)8-5-9-20(23)36-2/h3-12,31H,1-2H3,(H,28,32)(H,33,34,35). The van der Waals surface area contributed by atoms with Crippen LogP contribution in [0.1, 0.15) is 15.9 Å². The average Bonchev–Trinajstić information content (AvgIpc) is 2.84. The van der Waals surface area contributed by atoms with E-state index < -0.39 is 26.7 Å². The van der Waals surface area contributed by atoms with Gasteiger partial charge in [0, 0.05) is 5.39 Å². The van der Waals surface area contributed by atoms with Gasteiger partial charge in [-0.1, -0.05) is 53.5 Å². The van der Waals surface area contributed by atoms with Crippen LogP contribution in [0.3, 0.4) is 0 Å². The summed E-state index contributed by atoms with van der Waals surface area (Å²) in [5.74, 6) is -0.786. The Bertz CT molecular complexity index is 1670. The summed E-state index contributed by atoms with van der Waals surface area (Å²) in [4.78, 5) is 12.8. The number of halogens is 2. The van der Waals surface area contributed by atoms with Gasteiger partial charge in [-0.3, -0.25) is 9.35 Å². The number of ether oxygens (including phenoxy) is 1. The quantitative estimate of drug-likeness (QED) is 0.170. The number of hydrogen-bond acceptors (Lipinski definition) is 7. The highest BCUT2D eigenvalue weighted by Gasteiger charge is 2.21. The van der Waals surface area contributed by atoms with Gasteiger partial charge in [0.15, 0.2) is 5.75 Å². The number of phenolic OH excluding ortho intramolecular Hbond substituents is 1. The van der Waals surface area contributed by atoms with Gasteiger partial charge in [0.1, 0.15) is 22.8 Å². The predicted molar refractivity (Wildman–Crippen MR) is 142 cm³/mol. The fourth-order valence-corrected chi connectivity index (χ4v) is 4.82. The molecule has 1 amide bonds.